The van der Waals surface area contributed by atoms with Gasteiger partial charge in [-0.3, -0.25) is 0 Å². The van der Waals surface area contributed by atoms with E-state index in [-0.39, 0.29) is 0 Å². The van der Waals surface area contributed by atoms with Crippen molar-refractivity contribution in [3.05, 3.63) is 29.3 Å². The van der Waals surface area contributed by atoms with Gasteiger partial charge in [0.1, 0.15) is 0 Å². The molecular weight excluding hydrogens is 208 g/mol. The van der Waals surface area contributed by atoms with E-state index in [0.717, 1.165) is 24.9 Å². The molecule has 17 heavy (non-hydrogen) atoms. The molecule has 1 N–H and O–H groups in total. The second-order valence-corrected chi connectivity index (χ2v) is 5.84. The maximum atomic E-state index is 3.42. The van der Waals surface area contributed by atoms with Crippen molar-refractivity contribution >= 4 is 5.69 Å². The summed E-state index contributed by atoms with van der Waals surface area (Å²) in [5.74, 6) is 1.91. The third kappa shape index (κ3) is 2.47. The normalized spacial score (nSPS) is 25.8. The minimum absolute atomic E-state index is 0.955. The fourth-order valence-electron chi connectivity index (χ4n) is 2.89. The number of hydrogen-bond acceptors (Lipinski definition) is 2. The first-order valence-corrected chi connectivity index (χ1v) is 6.76. The van der Waals surface area contributed by atoms with Gasteiger partial charge >= 0.3 is 0 Å². The minimum atomic E-state index is 0.955. The summed E-state index contributed by atoms with van der Waals surface area (Å²) in [4.78, 5) is 2.47. The summed E-state index contributed by atoms with van der Waals surface area (Å²) in [7, 11) is 2.25. The topological polar surface area (TPSA) is 15.3 Å². The summed E-state index contributed by atoms with van der Waals surface area (Å²) >= 11 is 0. The highest BCUT2D eigenvalue weighted by Crippen LogP contribution is 2.38. The molecule has 0 bridgehead atoms. The summed E-state index contributed by atoms with van der Waals surface area (Å²) in [6.45, 7) is 5.82. The van der Waals surface area contributed by atoms with E-state index in [2.05, 4.69) is 42.4 Å². The fourth-order valence-corrected chi connectivity index (χ4v) is 2.89. The molecule has 0 aromatic heterocycles. The van der Waals surface area contributed by atoms with Gasteiger partial charge in [0.25, 0.3) is 0 Å². The molecule has 2 aliphatic rings. The molecule has 2 heteroatoms. The Labute approximate surface area is 104 Å². The van der Waals surface area contributed by atoms with Gasteiger partial charge in [-0.2, -0.15) is 0 Å². The zero-order valence-electron chi connectivity index (χ0n) is 10.9. The zero-order valence-corrected chi connectivity index (χ0v) is 10.9. The Morgan fingerprint density at radius 1 is 1.41 bits per heavy atom. The Kier molecular flexibility index (Phi) is 2.83. The van der Waals surface area contributed by atoms with Gasteiger partial charge in [-0.25, -0.2) is 0 Å². The molecule has 0 radical (unpaired) electrons. The van der Waals surface area contributed by atoms with E-state index < -0.39 is 0 Å². The van der Waals surface area contributed by atoms with Crippen LogP contribution in [0.2, 0.25) is 0 Å². The van der Waals surface area contributed by atoms with Crippen LogP contribution in [0, 0.1) is 11.8 Å². The van der Waals surface area contributed by atoms with E-state index in [4.69, 9.17) is 0 Å². The molecule has 92 valence electrons. The molecule has 2 unspecified atom stereocenters. The van der Waals surface area contributed by atoms with Crippen LogP contribution in [0.15, 0.2) is 18.2 Å². The summed E-state index contributed by atoms with van der Waals surface area (Å²) in [6, 6.07) is 6.89. The van der Waals surface area contributed by atoms with E-state index in [1.165, 1.54) is 36.2 Å². The van der Waals surface area contributed by atoms with Crippen LogP contribution in [-0.4, -0.2) is 25.0 Å². The molecule has 1 aliphatic heterocycles. The smallest absolute Gasteiger partial charge is 0.0373 e. The Morgan fingerprint density at radius 2 is 2.24 bits per heavy atom. The highest BCUT2D eigenvalue weighted by Gasteiger charge is 2.32. The van der Waals surface area contributed by atoms with Crippen molar-refractivity contribution in [2.24, 2.45) is 11.8 Å². The van der Waals surface area contributed by atoms with Crippen molar-refractivity contribution in [1.82, 2.24) is 4.90 Å². The maximum Gasteiger partial charge on any atom is 0.0373 e. The maximum absolute atomic E-state index is 3.42. The third-order valence-corrected chi connectivity index (χ3v) is 4.15. The second kappa shape index (κ2) is 4.34. The average molecular weight is 230 g/mol. The van der Waals surface area contributed by atoms with Crippen LogP contribution in [-0.2, 0) is 13.0 Å². The molecular formula is C15H22N2. The molecule has 1 fully saturated rings. The van der Waals surface area contributed by atoms with Crippen LogP contribution in [0.1, 0.15) is 24.5 Å². The molecule has 2 atom stereocenters. The fraction of sp³-hybridized carbons (Fsp3) is 0.600. The zero-order chi connectivity index (χ0) is 11.8. The molecule has 0 saturated heterocycles. The quantitative estimate of drug-likeness (QED) is 0.855. The van der Waals surface area contributed by atoms with Crippen LogP contribution in [0.5, 0.6) is 0 Å². The number of hydrogen-bond donors (Lipinski definition) is 1. The lowest BCUT2D eigenvalue weighted by Crippen LogP contribution is -2.20. The first-order chi connectivity index (χ1) is 8.22. The van der Waals surface area contributed by atoms with Gasteiger partial charge in [0.15, 0.2) is 0 Å². The summed E-state index contributed by atoms with van der Waals surface area (Å²) in [6.07, 6.45) is 2.62. The van der Waals surface area contributed by atoms with E-state index in [9.17, 15) is 0 Å². The van der Waals surface area contributed by atoms with Crippen LogP contribution < -0.4 is 5.32 Å². The van der Waals surface area contributed by atoms with Crippen LogP contribution in [0.25, 0.3) is 0 Å². The number of nitrogens with one attached hydrogen (secondary N) is 1. The lowest BCUT2D eigenvalue weighted by atomic mass is 10.1. The number of nitrogens with zero attached hydrogens (tertiary/aromatic N) is 1. The van der Waals surface area contributed by atoms with Gasteiger partial charge < -0.3 is 10.2 Å². The lowest BCUT2D eigenvalue weighted by molar-refractivity contribution is 0.307. The van der Waals surface area contributed by atoms with Gasteiger partial charge in [0.05, 0.1) is 0 Å². The molecule has 3 rings (SSSR count). The van der Waals surface area contributed by atoms with Crippen molar-refractivity contribution in [1.29, 1.82) is 0 Å². The molecule has 1 aromatic carbocycles. The Hall–Kier alpha value is -1.02. The monoisotopic (exact) mass is 230 g/mol. The summed E-state index contributed by atoms with van der Waals surface area (Å²) in [5, 5.41) is 3.42. The van der Waals surface area contributed by atoms with E-state index in [1.807, 2.05) is 0 Å². The largest absolute Gasteiger partial charge is 0.384 e. The van der Waals surface area contributed by atoms with Gasteiger partial charge in [-0.1, -0.05) is 19.1 Å². The minimum Gasteiger partial charge on any atom is -0.384 e. The van der Waals surface area contributed by atoms with Crippen molar-refractivity contribution in [2.75, 3.05) is 25.5 Å². The number of rotatable bonds is 4. The van der Waals surface area contributed by atoms with Crippen LogP contribution >= 0.6 is 0 Å². The van der Waals surface area contributed by atoms with Crippen LogP contribution in [0.4, 0.5) is 5.69 Å². The van der Waals surface area contributed by atoms with Gasteiger partial charge in [0.2, 0.25) is 0 Å². The van der Waals surface area contributed by atoms with E-state index >= 15 is 0 Å². The van der Waals surface area contributed by atoms with Crippen molar-refractivity contribution in [3.63, 3.8) is 0 Å². The molecule has 1 heterocycles. The SMILES string of the molecule is CC1CC1CN(C)Cc1ccc2c(c1)CCN2. The second-order valence-electron chi connectivity index (χ2n) is 5.84. The summed E-state index contributed by atoms with van der Waals surface area (Å²) < 4.78 is 0. The van der Waals surface area contributed by atoms with Crippen molar-refractivity contribution < 1.29 is 0 Å². The standard InChI is InChI=1S/C15H22N2/c1-11-7-14(11)10-17(2)9-12-3-4-15-13(8-12)5-6-16-15/h3-4,8,11,14,16H,5-7,9-10H2,1-2H3. The van der Waals surface area contributed by atoms with E-state index in [0.29, 0.717) is 0 Å². The lowest BCUT2D eigenvalue weighted by Gasteiger charge is -2.17. The predicted octanol–water partition coefficient (Wildman–Crippen LogP) is 2.74. The van der Waals surface area contributed by atoms with Crippen molar-refractivity contribution in [2.45, 2.75) is 26.3 Å². The highest BCUT2D eigenvalue weighted by atomic mass is 15.1. The Bertz CT molecular complexity index is 413. The highest BCUT2D eigenvalue weighted by molar-refractivity contribution is 5.56. The van der Waals surface area contributed by atoms with Gasteiger partial charge in [0, 0.05) is 25.3 Å². The van der Waals surface area contributed by atoms with E-state index in [1.54, 1.807) is 0 Å². The molecule has 1 aliphatic carbocycles. The molecule has 1 aromatic rings. The first kappa shape index (κ1) is 11.1. The molecule has 0 amide bonds. The molecule has 2 nitrogen and oxygen atoms in total. The number of anilines is 1. The van der Waals surface area contributed by atoms with Crippen LogP contribution in [0.3, 0.4) is 0 Å². The third-order valence-electron chi connectivity index (χ3n) is 4.15. The average Bonchev–Trinajstić information content (AvgIpc) is 2.79. The number of fused-ring (bicyclic) bond motifs is 1. The first-order valence-electron chi connectivity index (χ1n) is 6.76. The Balaban J connectivity index is 1.60. The van der Waals surface area contributed by atoms with Crippen molar-refractivity contribution in [3.8, 4) is 0 Å². The van der Waals surface area contributed by atoms with Gasteiger partial charge in [-0.15, -0.1) is 0 Å². The molecule has 1 saturated carbocycles. The molecule has 0 spiro atoms. The number of benzene rings is 1. The van der Waals surface area contributed by atoms with Gasteiger partial charge in [-0.05, 0) is 48.9 Å². The Morgan fingerprint density at radius 3 is 3.00 bits per heavy atom. The summed E-state index contributed by atoms with van der Waals surface area (Å²) in [5.41, 5.74) is 4.30. The predicted molar refractivity (Wildman–Crippen MR) is 72.2 cm³/mol.